The molecule has 0 atom stereocenters. The van der Waals surface area contributed by atoms with E-state index >= 15 is 0 Å². The summed E-state index contributed by atoms with van der Waals surface area (Å²) in [4.78, 5) is 15.4. The molecule has 2 fully saturated rings. The van der Waals surface area contributed by atoms with Gasteiger partial charge in [0.1, 0.15) is 12.4 Å². The average Bonchev–Trinajstić information content (AvgIpc) is 3.28. The molecule has 4 nitrogen and oxygen atoms in total. The number of ether oxygens (including phenoxy) is 1. The standard InChI is InChI=1S/C22H28N2O2S/c1-2-11-26-19-13-17(14-20-18(19)6-12-27-20)21(25)23-15-22(7-8-22)16-24-9-4-3-5-10-24/h2,6,12-14H,1,3-5,7-11,15-16H2,(H,23,25). The van der Waals surface area contributed by atoms with Crippen molar-refractivity contribution in [2.75, 3.05) is 32.8 Å². The Morgan fingerprint density at radius 3 is 2.85 bits per heavy atom. The van der Waals surface area contributed by atoms with Gasteiger partial charge >= 0.3 is 0 Å². The second kappa shape index (κ2) is 8.03. The molecule has 1 saturated heterocycles. The van der Waals surface area contributed by atoms with Crippen molar-refractivity contribution >= 4 is 27.3 Å². The first-order valence-electron chi connectivity index (χ1n) is 9.95. The smallest absolute Gasteiger partial charge is 0.251 e. The molecule has 144 valence electrons. The highest BCUT2D eigenvalue weighted by molar-refractivity contribution is 7.17. The van der Waals surface area contributed by atoms with E-state index in [9.17, 15) is 4.79 Å². The fourth-order valence-electron chi connectivity index (χ4n) is 3.97. The van der Waals surface area contributed by atoms with Crippen LogP contribution in [0.4, 0.5) is 0 Å². The number of nitrogens with zero attached hydrogens (tertiary/aromatic N) is 1. The number of likely N-dealkylation sites (tertiary alicyclic amines) is 1. The summed E-state index contributed by atoms with van der Waals surface area (Å²) >= 11 is 1.63. The number of piperidine rings is 1. The van der Waals surface area contributed by atoms with Gasteiger partial charge in [-0.2, -0.15) is 0 Å². The number of rotatable bonds is 8. The van der Waals surface area contributed by atoms with Crippen LogP contribution in [0, 0.1) is 5.41 Å². The number of carbonyl (C=O) groups excluding carboxylic acids is 1. The van der Waals surface area contributed by atoms with Crippen LogP contribution in [-0.4, -0.2) is 43.6 Å². The zero-order valence-corrected chi connectivity index (χ0v) is 16.7. The highest BCUT2D eigenvalue weighted by atomic mass is 32.1. The van der Waals surface area contributed by atoms with E-state index in [4.69, 9.17) is 4.74 Å². The summed E-state index contributed by atoms with van der Waals surface area (Å²) in [6.45, 7) is 8.48. The Kier molecular flexibility index (Phi) is 5.50. The number of benzene rings is 1. The maximum Gasteiger partial charge on any atom is 0.251 e. The van der Waals surface area contributed by atoms with Crippen LogP contribution in [0.25, 0.3) is 10.1 Å². The van der Waals surface area contributed by atoms with Gasteiger partial charge in [0, 0.05) is 34.2 Å². The Balaban J connectivity index is 1.41. The average molecular weight is 385 g/mol. The lowest BCUT2D eigenvalue weighted by atomic mass is 10.0. The molecule has 2 heterocycles. The monoisotopic (exact) mass is 384 g/mol. The lowest BCUT2D eigenvalue weighted by molar-refractivity contribution is 0.0936. The first-order chi connectivity index (χ1) is 13.2. The summed E-state index contributed by atoms with van der Waals surface area (Å²) in [7, 11) is 0. The summed E-state index contributed by atoms with van der Waals surface area (Å²) in [5.41, 5.74) is 0.972. The van der Waals surface area contributed by atoms with Crippen LogP contribution >= 0.6 is 11.3 Å². The second-order valence-corrected chi connectivity index (χ2v) is 8.87. The van der Waals surface area contributed by atoms with Crippen molar-refractivity contribution in [1.82, 2.24) is 10.2 Å². The topological polar surface area (TPSA) is 41.6 Å². The summed E-state index contributed by atoms with van der Waals surface area (Å²) in [5.74, 6) is 0.756. The van der Waals surface area contributed by atoms with Crippen LogP contribution < -0.4 is 10.1 Å². The van der Waals surface area contributed by atoms with E-state index in [-0.39, 0.29) is 5.91 Å². The minimum atomic E-state index is -0.00123. The zero-order chi connectivity index (χ0) is 18.7. The van der Waals surface area contributed by atoms with Crippen molar-refractivity contribution in [1.29, 1.82) is 0 Å². The van der Waals surface area contributed by atoms with Gasteiger partial charge in [-0.3, -0.25) is 4.79 Å². The van der Waals surface area contributed by atoms with Gasteiger partial charge in [-0.1, -0.05) is 19.1 Å². The van der Waals surface area contributed by atoms with Crippen molar-refractivity contribution in [2.45, 2.75) is 32.1 Å². The number of fused-ring (bicyclic) bond motifs is 1. The molecule has 2 aromatic rings. The maximum absolute atomic E-state index is 12.8. The molecule has 0 radical (unpaired) electrons. The molecule has 5 heteroatoms. The lowest BCUT2D eigenvalue weighted by Crippen LogP contribution is -2.40. The Morgan fingerprint density at radius 2 is 2.11 bits per heavy atom. The Bertz CT molecular complexity index is 819. The zero-order valence-electron chi connectivity index (χ0n) is 15.8. The largest absolute Gasteiger partial charge is 0.489 e. The highest BCUT2D eigenvalue weighted by Gasteiger charge is 2.44. The van der Waals surface area contributed by atoms with E-state index in [0.717, 1.165) is 28.9 Å². The Labute approximate surface area is 165 Å². The summed E-state index contributed by atoms with van der Waals surface area (Å²) < 4.78 is 6.86. The van der Waals surface area contributed by atoms with E-state index in [2.05, 4.69) is 16.8 Å². The molecule has 1 amide bonds. The van der Waals surface area contributed by atoms with Gasteiger partial charge in [0.25, 0.3) is 5.91 Å². The third-order valence-corrected chi connectivity index (χ3v) is 6.61. The molecule has 1 aliphatic heterocycles. The van der Waals surface area contributed by atoms with Crippen molar-refractivity contribution in [3.63, 3.8) is 0 Å². The molecule has 0 unspecified atom stereocenters. The first-order valence-corrected chi connectivity index (χ1v) is 10.8. The SMILES string of the molecule is C=CCOc1cc(C(=O)NCC2(CN3CCCCC3)CC2)cc2sccc12. The Morgan fingerprint density at radius 1 is 1.30 bits per heavy atom. The minimum Gasteiger partial charge on any atom is -0.489 e. The molecule has 1 aromatic heterocycles. The van der Waals surface area contributed by atoms with E-state index in [1.165, 1.54) is 45.2 Å². The fourth-order valence-corrected chi connectivity index (χ4v) is 4.81. The van der Waals surface area contributed by atoms with Gasteiger partial charge in [-0.25, -0.2) is 0 Å². The molecular formula is C22H28N2O2S. The van der Waals surface area contributed by atoms with Crippen LogP contribution in [0.1, 0.15) is 42.5 Å². The van der Waals surface area contributed by atoms with Gasteiger partial charge < -0.3 is 15.0 Å². The van der Waals surface area contributed by atoms with E-state index < -0.39 is 0 Å². The van der Waals surface area contributed by atoms with Crippen LogP contribution in [0.5, 0.6) is 5.75 Å². The minimum absolute atomic E-state index is 0.00123. The predicted octanol–water partition coefficient (Wildman–Crippen LogP) is 4.46. The summed E-state index contributed by atoms with van der Waals surface area (Å²) in [6.07, 6.45) is 8.17. The number of nitrogens with one attached hydrogen (secondary N) is 1. The summed E-state index contributed by atoms with van der Waals surface area (Å²) in [6, 6.07) is 5.87. The van der Waals surface area contributed by atoms with Crippen LogP contribution in [0.2, 0.25) is 0 Å². The molecule has 1 aliphatic carbocycles. The van der Waals surface area contributed by atoms with Gasteiger partial charge in [-0.05, 0) is 62.4 Å². The normalized spacial score (nSPS) is 19.0. The van der Waals surface area contributed by atoms with Gasteiger partial charge in [-0.15, -0.1) is 11.3 Å². The number of hydrogen-bond acceptors (Lipinski definition) is 4. The van der Waals surface area contributed by atoms with Crippen molar-refractivity contribution in [3.8, 4) is 5.75 Å². The van der Waals surface area contributed by atoms with Crippen LogP contribution in [0.15, 0.2) is 36.2 Å². The van der Waals surface area contributed by atoms with Gasteiger partial charge in [0.05, 0.1) is 0 Å². The van der Waals surface area contributed by atoms with E-state index in [0.29, 0.717) is 17.6 Å². The van der Waals surface area contributed by atoms with Crippen LogP contribution in [0.3, 0.4) is 0 Å². The lowest BCUT2D eigenvalue weighted by Gasteiger charge is -2.30. The third kappa shape index (κ3) is 4.36. The summed E-state index contributed by atoms with van der Waals surface area (Å²) in [5, 5.41) is 6.29. The first kappa shape index (κ1) is 18.5. The molecular weight excluding hydrogens is 356 g/mol. The highest BCUT2D eigenvalue weighted by Crippen LogP contribution is 2.46. The van der Waals surface area contributed by atoms with Crippen molar-refractivity contribution < 1.29 is 9.53 Å². The van der Waals surface area contributed by atoms with Gasteiger partial charge in [0.15, 0.2) is 0 Å². The van der Waals surface area contributed by atoms with Crippen molar-refractivity contribution in [3.05, 3.63) is 41.8 Å². The molecule has 1 aromatic carbocycles. The number of amides is 1. The molecule has 4 rings (SSSR count). The van der Waals surface area contributed by atoms with E-state index in [1.54, 1.807) is 17.4 Å². The number of hydrogen-bond donors (Lipinski definition) is 1. The Hall–Kier alpha value is -1.85. The molecule has 1 saturated carbocycles. The predicted molar refractivity (Wildman–Crippen MR) is 112 cm³/mol. The number of thiophene rings is 1. The van der Waals surface area contributed by atoms with Crippen molar-refractivity contribution in [2.24, 2.45) is 5.41 Å². The van der Waals surface area contributed by atoms with Gasteiger partial charge in [0.2, 0.25) is 0 Å². The molecule has 27 heavy (non-hydrogen) atoms. The molecule has 0 bridgehead atoms. The molecule has 1 N–H and O–H groups in total. The maximum atomic E-state index is 12.8. The molecule has 2 aliphatic rings. The third-order valence-electron chi connectivity index (χ3n) is 5.74. The van der Waals surface area contributed by atoms with Crippen LogP contribution in [-0.2, 0) is 0 Å². The number of carbonyl (C=O) groups is 1. The molecule has 0 spiro atoms. The quantitative estimate of drug-likeness (QED) is 0.683. The van der Waals surface area contributed by atoms with E-state index in [1.807, 2.05) is 23.6 Å². The fraction of sp³-hybridized carbons (Fsp3) is 0.500. The second-order valence-electron chi connectivity index (χ2n) is 7.93.